The Morgan fingerprint density at radius 3 is 1.68 bits per heavy atom. The molecule has 2 nitrogen and oxygen atoms in total. The van der Waals surface area contributed by atoms with Crippen LogP contribution in [0.1, 0.15) is 99.3 Å². The molecule has 0 aromatic rings. The average molecular weight is 313 g/mol. The van der Waals surface area contributed by atoms with Crippen LogP contribution in [0.25, 0.3) is 0 Å². The van der Waals surface area contributed by atoms with Crippen LogP contribution in [0.3, 0.4) is 0 Å². The molecule has 2 heteroatoms. The number of esters is 1. The number of carbonyl (C=O) groups excluding carboxylic acids is 1. The summed E-state index contributed by atoms with van der Waals surface area (Å²) in [5.41, 5.74) is -0.307. The monoisotopic (exact) mass is 312 g/mol. The van der Waals surface area contributed by atoms with Crippen molar-refractivity contribution < 1.29 is 9.53 Å². The van der Waals surface area contributed by atoms with Crippen molar-refractivity contribution in [2.45, 2.75) is 99.3 Å². The molecule has 0 aromatic carbocycles. The fourth-order valence-corrected chi connectivity index (χ4v) is 3.63. The van der Waals surface area contributed by atoms with E-state index in [1.165, 1.54) is 44.9 Å². The van der Waals surface area contributed by atoms with Crippen molar-refractivity contribution in [1.29, 1.82) is 0 Å². The number of ether oxygens (including phenoxy) is 1. The van der Waals surface area contributed by atoms with Crippen LogP contribution in [0.5, 0.6) is 0 Å². The molecule has 0 saturated heterocycles. The number of carbonyl (C=O) groups is 1. The summed E-state index contributed by atoms with van der Waals surface area (Å²) in [6.07, 6.45) is 11.4. The van der Waals surface area contributed by atoms with Crippen molar-refractivity contribution in [3.63, 3.8) is 0 Å². The Kier molecular flexibility index (Phi) is 11.7. The van der Waals surface area contributed by atoms with E-state index in [4.69, 9.17) is 4.74 Å². The van der Waals surface area contributed by atoms with Crippen LogP contribution < -0.4 is 0 Å². The molecular formula is C20H40O2. The second-order valence-electron chi connectivity index (χ2n) is 7.30. The zero-order valence-corrected chi connectivity index (χ0v) is 16.0. The van der Waals surface area contributed by atoms with Gasteiger partial charge in [-0.05, 0) is 25.2 Å². The summed E-state index contributed by atoms with van der Waals surface area (Å²) >= 11 is 0. The van der Waals surface area contributed by atoms with E-state index in [9.17, 15) is 4.79 Å². The summed E-state index contributed by atoms with van der Waals surface area (Å²) < 4.78 is 5.41. The highest BCUT2D eigenvalue weighted by Crippen LogP contribution is 2.42. The van der Waals surface area contributed by atoms with Crippen LogP contribution in [0.4, 0.5) is 0 Å². The number of hydrogen-bond donors (Lipinski definition) is 0. The van der Waals surface area contributed by atoms with Crippen molar-refractivity contribution in [1.82, 2.24) is 0 Å². The Labute approximate surface area is 139 Å². The molecule has 0 aliphatic heterocycles. The van der Waals surface area contributed by atoms with Gasteiger partial charge in [-0.2, -0.15) is 0 Å². The van der Waals surface area contributed by atoms with E-state index in [0.29, 0.717) is 18.4 Å². The zero-order chi connectivity index (χ0) is 17.0. The summed E-state index contributed by atoms with van der Waals surface area (Å²) in [4.78, 5) is 12.6. The Hall–Kier alpha value is -0.530. The van der Waals surface area contributed by atoms with Gasteiger partial charge in [-0.1, -0.05) is 86.0 Å². The predicted octanol–water partition coefficient (Wildman–Crippen LogP) is 6.38. The second-order valence-corrected chi connectivity index (χ2v) is 7.30. The standard InChI is InChI=1S/C20H40O2/c1-7-9-10-11-12-13-14-15-16-20(17(3)4,18(5)6)19(21)22-8-2/h17-18H,7-16H2,1-6H3. The highest BCUT2D eigenvalue weighted by Gasteiger charge is 2.44. The minimum Gasteiger partial charge on any atom is -0.466 e. The van der Waals surface area contributed by atoms with E-state index >= 15 is 0 Å². The maximum absolute atomic E-state index is 12.6. The molecule has 0 heterocycles. The van der Waals surface area contributed by atoms with Gasteiger partial charge in [0.15, 0.2) is 0 Å². The maximum Gasteiger partial charge on any atom is 0.312 e. The van der Waals surface area contributed by atoms with Gasteiger partial charge in [-0.25, -0.2) is 0 Å². The summed E-state index contributed by atoms with van der Waals surface area (Å²) in [5, 5.41) is 0. The van der Waals surface area contributed by atoms with Gasteiger partial charge in [-0.15, -0.1) is 0 Å². The lowest BCUT2D eigenvalue weighted by Crippen LogP contribution is -2.42. The molecular weight excluding hydrogens is 272 g/mol. The highest BCUT2D eigenvalue weighted by molar-refractivity contribution is 5.77. The van der Waals surface area contributed by atoms with Crippen LogP contribution in [0.15, 0.2) is 0 Å². The largest absolute Gasteiger partial charge is 0.466 e. The fourth-order valence-electron chi connectivity index (χ4n) is 3.63. The molecule has 0 unspecified atom stereocenters. The van der Waals surface area contributed by atoms with Crippen LogP contribution in [0.2, 0.25) is 0 Å². The van der Waals surface area contributed by atoms with E-state index in [2.05, 4.69) is 34.6 Å². The Bertz CT molecular complexity index is 273. The lowest BCUT2D eigenvalue weighted by atomic mass is 9.66. The van der Waals surface area contributed by atoms with E-state index in [0.717, 1.165) is 12.8 Å². The molecule has 0 saturated carbocycles. The molecule has 0 amide bonds. The van der Waals surface area contributed by atoms with Gasteiger partial charge in [0.25, 0.3) is 0 Å². The van der Waals surface area contributed by atoms with Crippen molar-refractivity contribution in [2.75, 3.05) is 6.61 Å². The van der Waals surface area contributed by atoms with Crippen LogP contribution >= 0.6 is 0 Å². The van der Waals surface area contributed by atoms with Crippen molar-refractivity contribution in [3.05, 3.63) is 0 Å². The summed E-state index contributed by atoms with van der Waals surface area (Å²) in [7, 11) is 0. The molecule has 0 aliphatic rings. The Balaban J connectivity index is 4.33. The number of rotatable bonds is 13. The molecule has 22 heavy (non-hydrogen) atoms. The first-order chi connectivity index (χ1) is 10.4. The van der Waals surface area contributed by atoms with Gasteiger partial charge in [-0.3, -0.25) is 4.79 Å². The first-order valence-electron chi connectivity index (χ1n) is 9.60. The molecule has 0 N–H and O–H groups in total. The van der Waals surface area contributed by atoms with Gasteiger partial charge in [0, 0.05) is 0 Å². The quantitative estimate of drug-likeness (QED) is 0.291. The van der Waals surface area contributed by atoms with Crippen LogP contribution in [0, 0.1) is 17.3 Å². The zero-order valence-electron chi connectivity index (χ0n) is 16.0. The van der Waals surface area contributed by atoms with Crippen LogP contribution in [-0.2, 0) is 9.53 Å². The normalized spacial score (nSPS) is 12.2. The minimum absolute atomic E-state index is 0.0166. The summed E-state index contributed by atoms with van der Waals surface area (Å²) in [5.74, 6) is 0.676. The SMILES string of the molecule is CCCCCCCCCCC(C(=O)OCC)(C(C)C)C(C)C. The van der Waals surface area contributed by atoms with Crippen molar-refractivity contribution in [2.24, 2.45) is 17.3 Å². The first-order valence-corrected chi connectivity index (χ1v) is 9.60. The maximum atomic E-state index is 12.6. The molecule has 0 fully saturated rings. The third-order valence-electron chi connectivity index (χ3n) is 5.16. The first kappa shape index (κ1) is 21.5. The summed E-state index contributed by atoms with van der Waals surface area (Å²) in [6.45, 7) is 13.3. The van der Waals surface area contributed by atoms with E-state index in [1.54, 1.807) is 0 Å². The molecule has 0 aliphatic carbocycles. The van der Waals surface area contributed by atoms with Gasteiger partial charge in [0.05, 0.1) is 12.0 Å². The third kappa shape index (κ3) is 6.71. The summed E-state index contributed by atoms with van der Waals surface area (Å²) in [6, 6.07) is 0. The lowest BCUT2D eigenvalue weighted by molar-refractivity contribution is -0.163. The molecule has 0 radical (unpaired) electrons. The van der Waals surface area contributed by atoms with E-state index < -0.39 is 0 Å². The average Bonchev–Trinajstić information content (AvgIpc) is 2.45. The topological polar surface area (TPSA) is 26.3 Å². The third-order valence-corrected chi connectivity index (χ3v) is 5.16. The van der Waals surface area contributed by atoms with Crippen LogP contribution in [-0.4, -0.2) is 12.6 Å². The highest BCUT2D eigenvalue weighted by atomic mass is 16.5. The second kappa shape index (κ2) is 12.0. The smallest absolute Gasteiger partial charge is 0.312 e. The molecule has 0 rings (SSSR count). The van der Waals surface area contributed by atoms with Gasteiger partial charge < -0.3 is 4.74 Å². The van der Waals surface area contributed by atoms with Crippen molar-refractivity contribution in [3.8, 4) is 0 Å². The fraction of sp³-hybridized carbons (Fsp3) is 0.950. The van der Waals surface area contributed by atoms with Gasteiger partial charge >= 0.3 is 5.97 Å². The number of hydrogen-bond acceptors (Lipinski definition) is 2. The van der Waals surface area contributed by atoms with E-state index in [-0.39, 0.29) is 11.4 Å². The molecule has 0 aromatic heterocycles. The number of unbranched alkanes of at least 4 members (excludes halogenated alkanes) is 7. The van der Waals surface area contributed by atoms with Crippen molar-refractivity contribution >= 4 is 5.97 Å². The minimum atomic E-state index is -0.307. The van der Waals surface area contributed by atoms with Gasteiger partial charge in [0.2, 0.25) is 0 Å². The predicted molar refractivity (Wildman–Crippen MR) is 96.0 cm³/mol. The Morgan fingerprint density at radius 1 is 0.818 bits per heavy atom. The molecule has 0 spiro atoms. The molecule has 0 atom stereocenters. The van der Waals surface area contributed by atoms with Gasteiger partial charge in [0.1, 0.15) is 0 Å². The molecule has 132 valence electrons. The molecule has 0 bridgehead atoms. The Morgan fingerprint density at radius 2 is 1.27 bits per heavy atom. The lowest BCUT2D eigenvalue weighted by Gasteiger charge is -2.39. The van der Waals surface area contributed by atoms with E-state index in [1.807, 2.05) is 6.92 Å².